The van der Waals surface area contributed by atoms with Gasteiger partial charge in [-0.15, -0.1) is 0 Å². The Hall–Kier alpha value is -2.83. The van der Waals surface area contributed by atoms with Gasteiger partial charge in [-0.2, -0.15) is 5.10 Å². The summed E-state index contributed by atoms with van der Waals surface area (Å²) in [7, 11) is 1.68. The molecule has 2 amide bonds. The molecule has 0 atom stereocenters. The second-order valence-electron chi connectivity index (χ2n) is 5.69. The predicted molar refractivity (Wildman–Crippen MR) is 88.9 cm³/mol. The molecule has 2 heterocycles. The van der Waals surface area contributed by atoms with Crippen molar-refractivity contribution in [3.63, 3.8) is 0 Å². The molecule has 1 aliphatic rings. The van der Waals surface area contributed by atoms with E-state index in [1.807, 2.05) is 18.2 Å². The lowest BCUT2D eigenvalue weighted by atomic mass is 10.3. The number of benzene rings is 1. The summed E-state index contributed by atoms with van der Waals surface area (Å²) >= 11 is 0. The Kier molecular flexibility index (Phi) is 4.79. The van der Waals surface area contributed by atoms with Crippen molar-refractivity contribution in [3.05, 3.63) is 42.1 Å². The highest BCUT2D eigenvalue weighted by molar-refractivity contribution is 6.03. The third-order valence-electron chi connectivity index (χ3n) is 3.90. The maximum atomic E-state index is 12.2. The zero-order chi connectivity index (χ0) is 16.9. The summed E-state index contributed by atoms with van der Waals surface area (Å²) in [6.45, 7) is 1.54. The quantitative estimate of drug-likeness (QED) is 0.906. The zero-order valence-electron chi connectivity index (χ0n) is 13.6. The highest BCUT2D eigenvalue weighted by Crippen LogP contribution is 2.15. The van der Waals surface area contributed by atoms with Crippen LogP contribution in [0.25, 0.3) is 0 Å². The molecule has 1 fully saturated rings. The molecule has 1 saturated heterocycles. The summed E-state index contributed by atoms with van der Waals surface area (Å²) in [6, 6.07) is 10.7. The third kappa shape index (κ3) is 3.73. The number of hydrogen-bond donors (Lipinski definition) is 1. The second-order valence-corrected chi connectivity index (χ2v) is 5.69. The molecule has 2 aromatic rings. The van der Waals surface area contributed by atoms with Crippen molar-refractivity contribution in [2.24, 2.45) is 7.05 Å². The molecule has 0 radical (unpaired) electrons. The molecule has 3 rings (SSSR count). The van der Waals surface area contributed by atoms with E-state index in [1.54, 1.807) is 24.1 Å². The molecule has 0 spiro atoms. The lowest BCUT2D eigenvalue weighted by Gasteiger charge is -2.15. The molecule has 7 nitrogen and oxygen atoms in total. The minimum absolute atomic E-state index is 0.0380. The first kappa shape index (κ1) is 16.0. The van der Waals surface area contributed by atoms with Crippen LogP contribution in [0.15, 0.2) is 36.4 Å². The SMILES string of the molecule is Cn1nc(C(=O)Nc2ccccc2)cc1OCC(=O)N1CCCC1. The predicted octanol–water partition coefficient (Wildman–Crippen LogP) is 1.67. The van der Waals surface area contributed by atoms with Crippen molar-refractivity contribution in [2.75, 3.05) is 25.0 Å². The van der Waals surface area contributed by atoms with Crippen LogP contribution in [0.4, 0.5) is 5.69 Å². The van der Waals surface area contributed by atoms with E-state index in [-0.39, 0.29) is 24.1 Å². The Balaban J connectivity index is 1.60. The Morgan fingerprint density at radius 3 is 2.62 bits per heavy atom. The number of nitrogens with zero attached hydrogens (tertiary/aromatic N) is 3. The smallest absolute Gasteiger partial charge is 0.276 e. The van der Waals surface area contributed by atoms with Gasteiger partial charge < -0.3 is 15.0 Å². The number of aryl methyl sites for hydroxylation is 1. The van der Waals surface area contributed by atoms with Crippen molar-refractivity contribution in [1.29, 1.82) is 0 Å². The number of para-hydroxylation sites is 1. The van der Waals surface area contributed by atoms with Gasteiger partial charge in [-0.1, -0.05) is 18.2 Å². The summed E-state index contributed by atoms with van der Waals surface area (Å²) in [5, 5.41) is 6.90. The first-order chi connectivity index (χ1) is 11.6. The number of carbonyl (C=O) groups is 2. The molecule has 24 heavy (non-hydrogen) atoms. The van der Waals surface area contributed by atoms with E-state index in [9.17, 15) is 9.59 Å². The highest BCUT2D eigenvalue weighted by Gasteiger charge is 2.20. The van der Waals surface area contributed by atoms with Crippen LogP contribution in [-0.2, 0) is 11.8 Å². The molecule has 0 unspecified atom stereocenters. The minimum atomic E-state index is -0.322. The summed E-state index contributed by atoms with van der Waals surface area (Å²) < 4.78 is 6.98. The molecule has 0 bridgehead atoms. The van der Waals surface area contributed by atoms with Crippen LogP contribution >= 0.6 is 0 Å². The van der Waals surface area contributed by atoms with Gasteiger partial charge in [0.1, 0.15) is 0 Å². The maximum Gasteiger partial charge on any atom is 0.276 e. The van der Waals surface area contributed by atoms with Crippen molar-refractivity contribution >= 4 is 17.5 Å². The van der Waals surface area contributed by atoms with E-state index in [0.29, 0.717) is 11.6 Å². The van der Waals surface area contributed by atoms with E-state index < -0.39 is 0 Å². The second kappa shape index (κ2) is 7.16. The Labute approximate surface area is 140 Å². The fourth-order valence-corrected chi connectivity index (χ4v) is 2.61. The molecule has 7 heteroatoms. The van der Waals surface area contributed by atoms with Crippen LogP contribution in [0, 0.1) is 0 Å². The van der Waals surface area contributed by atoms with Gasteiger partial charge >= 0.3 is 0 Å². The number of carbonyl (C=O) groups excluding carboxylic acids is 2. The van der Waals surface area contributed by atoms with E-state index >= 15 is 0 Å². The van der Waals surface area contributed by atoms with Crippen molar-refractivity contribution in [3.8, 4) is 5.88 Å². The highest BCUT2D eigenvalue weighted by atomic mass is 16.5. The van der Waals surface area contributed by atoms with Gasteiger partial charge in [-0.05, 0) is 25.0 Å². The van der Waals surface area contributed by atoms with Gasteiger partial charge in [-0.25, -0.2) is 4.68 Å². The average Bonchev–Trinajstić information content (AvgIpc) is 3.23. The van der Waals surface area contributed by atoms with Gasteiger partial charge in [-0.3, -0.25) is 9.59 Å². The number of aromatic nitrogens is 2. The molecule has 0 saturated carbocycles. The van der Waals surface area contributed by atoms with Crippen LogP contribution in [0.5, 0.6) is 5.88 Å². The molecular weight excluding hydrogens is 308 g/mol. The molecular formula is C17H20N4O3. The Morgan fingerprint density at radius 1 is 1.21 bits per heavy atom. The van der Waals surface area contributed by atoms with Gasteiger partial charge in [0.2, 0.25) is 5.88 Å². The van der Waals surface area contributed by atoms with Crippen LogP contribution in [0.1, 0.15) is 23.3 Å². The molecule has 126 valence electrons. The normalized spacial score (nSPS) is 13.8. The van der Waals surface area contributed by atoms with Crippen LogP contribution in [0.3, 0.4) is 0 Å². The zero-order valence-corrected chi connectivity index (χ0v) is 13.6. The number of hydrogen-bond acceptors (Lipinski definition) is 4. The summed E-state index contributed by atoms with van der Waals surface area (Å²) in [5.41, 5.74) is 0.935. The lowest BCUT2D eigenvalue weighted by molar-refractivity contribution is -0.132. The number of amides is 2. The topological polar surface area (TPSA) is 76.5 Å². The Morgan fingerprint density at radius 2 is 1.92 bits per heavy atom. The lowest BCUT2D eigenvalue weighted by Crippen LogP contribution is -2.32. The van der Waals surface area contributed by atoms with E-state index in [2.05, 4.69) is 10.4 Å². The fraction of sp³-hybridized carbons (Fsp3) is 0.353. The number of anilines is 1. The average molecular weight is 328 g/mol. The van der Waals surface area contributed by atoms with Gasteiger partial charge in [0.15, 0.2) is 12.3 Å². The molecule has 0 aliphatic carbocycles. The number of likely N-dealkylation sites (tertiary alicyclic amines) is 1. The number of rotatable bonds is 5. The Bertz CT molecular complexity index is 721. The van der Waals surface area contributed by atoms with Gasteiger partial charge in [0, 0.05) is 31.9 Å². The van der Waals surface area contributed by atoms with E-state index in [4.69, 9.17) is 4.74 Å². The van der Waals surface area contributed by atoms with Crippen molar-refractivity contribution in [2.45, 2.75) is 12.8 Å². The third-order valence-corrected chi connectivity index (χ3v) is 3.90. The van der Waals surface area contributed by atoms with Crippen LogP contribution < -0.4 is 10.1 Å². The minimum Gasteiger partial charge on any atom is -0.468 e. The first-order valence-corrected chi connectivity index (χ1v) is 7.94. The standard InChI is InChI=1S/C17H20N4O3/c1-20-16(24-12-15(22)21-9-5-6-10-21)11-14(19-20)17(23)18-13-7-3-2-4-8-13/h2-4,7-8,11H,5-6,9-10,12H2,1H3,(H,18,23). The number of nitrogens with one attached hydrogen (secondary N) is 1. The summed E-state index contributed by atoms with van der Waals surface area (Å²) in [6.07, 6.45) is 2.09. The molecule has 1 aromatic heterocycles. The van der Waals surface area contributed by atoms with Gasteiger partial charge in [0.25, 0.3) is 11.8 Å². The maximum absolute atomic E-state index is 12.2. The van der Waals surface area contributed by atoms with Crippen molar-refractivity contribution < 1.29 is 14.3 Å². The van der Waals surface area contributed by atoms with E-state index in [1.165, 1.54) is 10.7 Å². The number of ether oxygens (including phenoxy) is 1. The largest absolute Gasteiger partial charge is 0.468 e. The monoisotopic (exact) mass is 328 g/mol. The summed E-state index contributed by atoms with van der Waals surface area (Å²) in [5.74, 6) is 0.0299. The first-order valence-electron chi connectivity index (χ1n) is 7.94. The van der Waals surface area contributed by atoms with Crippen LogP contribution in [-0.4, -0.2) is 46.2 Å². The van der Waals surface area contributed by atoms with Crippen LogP contribution in [0.2, 0.25) is 0 Å². The molecule has 1 aliphatic heterocycles. The molecule has 1 aromatic carbocycles. The summed E-state index contributed by atoms with van der Waals surface area (Å²) in [4.78, 5) is 26.0. The van der Waals surface area contributed by atoms with Gasteiger partial charge in [0.05, 0.1) is 0 Å². The van der Waals surface area contributed by atoms with E-state index in [0.717, 1.165) is 25.9 Å². The molecule has 1 N–H and O–H groups in total. The van der Waals surface area contributed by atoms with Crippen molar-refractivity contribution in [1.82, 2.24) is 14.7 Å². The fourth-order valence-electron chi connectivity index (χ4n) is 2.61.